The van der Waals surface area contributed by atoms with Gasteiger partial charge in [0.2, 0.25) is 5.91 Å². The fourth-order valence-corrected chi connectivity index (χ4v) is 2.81. The summed E-state index contributed by atoms with van der Waals surface area (Å²) in [6, 6.07) is 15.4. The summed E-state index contributed by atoms with van der Waals surface area (Å²) in [5, 5.41) is 3.40. The maximum absolute atomic E-state index is 13.0. The summed E-state index contributed by atoms with van der Waals surface area (Å²) in [6.07, 6.45) is 3.70. The van der Waals surface area contributed by atoms with Crippen LogP contribution < -0.4 is 5.32 Å². The van der Waals surface area contributed by atoms with Gasteiger partial charge in [-0.25, -0.2) is 0 Å². The highest BCUT2D eigenvalue weighted by Gasteiger charge is 2.25. The van der Waals surface area contributed by atoms with Crippen LogP contribution in [-0.2, 0) is 11.2 Å². The summed E-state index contributed by atoms with van der Waals surface area (Å²) in [5.41, 5.74) is 1.41. The van der Waals surface area contributed by atoms with Gasteiger partial charge in [-0.3, -0.25) is 9.59 Å². The number of amides is 2. The molecule has 0 saturated carbocycles. The SMILES string of the molecule is C=CCN(CC=C)C(=O)C(Cc1ccccc1)NC(=O)c1ccc(Cl)cc1. The van der Waals surface area contributed by atoms with Crippen molar-refractivity contribution in [3.63, 3.8) is 0 Å². The van der Waals surface area contributed by atoms with Gasteiger partial charge in [-0.05, 0) is 29.8 Å². The largest absolute Gasteiger partial charge is 0.340 e. The zero-order valence-electron chi connectivity index (χ0n) is 15.1. The van der Waals surface area contributed by atoms with Crippen LogP contribution in [0.2, 0.25) is 5.02 Å². The van der Waals surface area contributed by atoms with E-state index in [4.69, 9.17) is 11.6 Å². The van der Waals surface area contributed by atoms with Gasteiger partial charge in [0.1, 0.15) is 6.04 Å². The monoisotopic (exact) mass is 382 g/mol. The molecule has 2 aromatic rings. The number of carbonyl (C=O) groups is 2. The maximum Gasteiger partial charge on any atom is 0.251 e. The topological polar surface area (TPSA) is 49.4 Å². The molecule has 1 N–H and O–H groups in total. The van der Waals surface area contributed by atoms with E-state index in [1.807, 2.05) is 30.3 Å². The van der Waals surface area contributed by atoms with Crippen molar-refractivity contribution in [2.45, 2.75) is 12.5 Å². The number of halogens is 1. The van der Waals surface area contributed by atoms with Crippen LogP contribution in [0.1, 0.15) is 15.9 Å². The van der Waals surface area contributed by atoms with Gasteiger partial charge in [-0.15, -0.1) is 13.2 Å². The van der Waals surface area contributed by atoms with Gasteiger partial charge in [0, 0.05) is 30.1 Å². The smallest absolute Gasteiger partial charge is 0.251 e. The van der Waals surface area contributed by atoms with Crippen molar-refractivity contribution in [3.8, 4) is 0 Å². The molecule has 2 amide bonds. The maximum atomic E-state index is 13.0. The van der Waals surface area contributed by atoms with E-state index >= 15 is 0 Å². The van der Waals surface area contributed by atoms with Crippen molar-refractivity contribution < 1.29 is 9.59 Å². The lowest BCUT2D eigenvalue weighted by atomic mass is 10.0. The molecule has 0 aliphatic rings. The second-order valence-corrected chi connectivity index (χ2v) is 6.48. The fourth-order valence-electron chi connectivity index (χ4n) is 2.68. The zero-order chi connectivity index (χ0) is 19.6. The Hall–Kier alpha value is -2.85. The van der Waals surface area contributed by atoms with Crippen LogP contribution in [0, 0.1) is 0 Å². The van der Waals surface area contributed by atoms with E-state index in [-0.39, 0.29) is 11.8 Å². The molecule has 4 nitrogen and oxygen atoms in total. The van der Waals surface area contributed by atoms with Crippen molar-refractivity contribution >= 4 is 23.4 Å². The minimum absolute atomic E-state index is 0.180. The van der Waals surface area contributed by atoms with Crippen LogP contribution in [0.4, 0.5) is 0 Å². The standard InChI is InChI=1S/C22H23ClN2O2/c1-3-14-25(15-4-2)22(27)20(16-17-8-6-5-7-9-17)24-21(26)18-10-12-19(23)13-11-18/h3-13,20H,1-2,14-16H2,(H,24,26). The Morgan fingerprint density at radius 1 is 1.00 bits per heavy atom. The lowest BCUT2D eigenvalue weighted by Crippen LogP contribution is -2.49. The zero-order valence-corrected chi connectivity index (χ0v) is 15.9. The van der Waals surface area contributed by atoms with Gasteiger partial charge < -0.3 is 10.2 Å². The van der Waals surface area contributed by atoms with Gasteiger partial charge in [0.25, 0.3) is 5.91 Å². The highest BCUT2D eigenvalue weighted by atomic mass is 35.5. The summed E-state index contributed by atoms with van der Waals surface area (Å²) in [4.78, 5) is 27.3. The van der Waals surface area contributed by atoms with Crippen molar-refractivity contribution in [2.24, 2.45) is 0 Å². The predicted octanol–water partition coefficient (Wildman–Crippen LogP) is 3.88. The molecule has 0 saturated heterocycles. The number of hydrogen-bond donors (Lipinski definition) is 1. The molecule has 1 atom stereocenters. The first-order valence-electron chi connectivity index (χ1n) is 8.66. The number of rotatable bonds is 9. The third-order valence-electron chi connectivity index (χ3n) is 4.00. The van der Waals surface area contributed by atoms with E-state index in [0.717, 1.165) is 5.56 Å². The van der Waals surface area contributed by atoms with Crippen LogP contribution in [0.5, 0.6) is 0 Å². The molecule has 0 spiro atoms. The molecule has 0 radical (unpaired) electrons. The second kappa shape index (κ2) is 10.3. The number of benzene rings is 2. The average molecular weight is 383 g/mol. The summed E-state index contributed by atoms with van der Waals surface area (Å²) >= 11 is 5.88. The normalized spacial score (nSPS) is 11.3. The Morgan fingerprint density at radius 2 is 1.59 bits per heavy atom. The van der Waals surface area contributed by atoms with Gasteiger partial charge in [0.15, 0.2) is 0 Å². The Morgan fingerprint density at radius 3 is 2.15 bits per heavy atom. The molecule has 2 rings (SSSR count). The van der Waals surface area contributed by atoms with E-state index in [1.54, 1.807) is 41.3 Å². The number of nitrogens with one attached hydrogen (secondary N) is 1. The van der Waals surface area contributed by atoms with E-state index in [0.29, 0.717) is 30.1 Å². The quantitative estimate of drug-likeness (QED) is 0.669. The summed E-state index contributed by atoms with van der Waals surface area (Å²) < 4.78 is 0. The lowest BCUT2D eigenvalue weighted by Gasteiger charge is -2.26. The van der Waals surface area contributed by atoms with E-state index in [2.05, 4.69) is 18.5 Å². The molecule has 2 aromatic carbocycles. The first kappa shape index (κ1) is 20.5. The van der Waals surface area contributed by atoms with Crippen LogP contribution in [-0.4, -0.2) is 35.8 Å². The Labute approximate surface area is 165 Å². The Bertz CT molecular complexity index is 778. The molecule has 1 unspecified atom stereocenters. The molecular formula is C22H23ClN2O2. The van der Waals surface area contributed by atoms with Crippen LogP contribution in [0.3, 0.4) is 0 Å². The molecule has 140 valence electrons. The number of nitrogens with zero attached hydrogens (tertiary/aromatic N) is 1. The molecular weight excluding hydrogens is 360 g/mol. The van der Waals surface area contributed by atoms with Crippen LogP contribution in [0.25, 0.3) is 0 Å². The van der Waals surface area contributed by atoms with Gasteiger partial charge in [-0.2, -0.15) is 0 Å². The van der Waals surface area contributed by atoms with Gasteiger partial charge in [-0.1, -0.05) is 54.1 Å². The van der Waals surface area contributed by atoms with Crippen LogP contribution in [0.15, 0.2) is 79.9 Å². The minimum Gasteiger partial charge on any atom is -0.340 e. The fraction of sp³-hybridized carbons (Fsp3) is 0.182. The van der Waals surface area contributed by atoms with E-state index < -0.39 is 6.04 Å². The summed E-state index contributed by atoms with van der Waals surface area (Å²) in [6.45, 7) is 8.16. The van der Waals surface area contributed by atoms with Crippen molar-refractivity contribution in [1.82, 2.24) is 10.2 Å². The highest BCUT2D eigenvalue weighted by molar-refractivity contribution is 6.30. The minimum atomic E-state index is -0.699. The van der Waals surface area contributed by atoms with Crippen molar-refractivity contribution in [2.75, 3.05) is 13.1 Å². The average Bonchev–Trinajstić information content (AvgIpc) is 2.68. The second-order valence-electron chi connectivity index (χ2n) is 6.04. The highest BCUT2D eigenvalue weighted by Crippen LogP contribution is 2.11. The molecule has 0 heterocycles. The van der Waals surface area contributed by atoms with Crippen molar-refractivity contribution in [3.05, 3.63) is 96.1 Å². The van der Waals surface area contributed by atoms with Gasteiger partial charge >= 0.3 is 0 Å². The third-order valence-corrected chi connectivity index (χ3v) is 4.26. The first-order valence-corrected chi connectivity index (χ1v) is 9.04. The van der Waals surface area contributed by atoms with Gasteiger partial charge in [0.05, 0.1) is 0 Å². The van der Waals surface area contributed by atoms with Crippen molar-refractivity contribution in [1.29, 1.82) is 0 Å². The molecule has 0 aromatic heterocycles. The predicted molar refractivity (Wildman–Crippen MR) is 110 cm³/mol. The van der Waals surface area contributed by atoms with E-state index in [1.165, 1.54) is 0 Å². The Balaban J connectivity index is 2.23. The third kappa shape index (κ3) is 6.12. The molecule has 0 aliphatic heterocycles. The molecule has 0 fully saturated rings. The lowest BCUT2D eigenvalue weighted by molar-refractivity contribution is -0.132. The summed E-state index contributed by atoms with van der Waals surface area (Å²) in [5.74, 6) is -0.501. The first-order chi connectivity index (χ1) is 13.0. The number of carbonyl (C=O) groups excluding carboxylic acids is 2. The molecule has 0 bridgehead atoms. The Kier molecular flexibility index (Phi) is 7.83. The molecule has 0 aliphatic carbocycles. The molecule has 5 heteroatoms. The van der Waals surface area contributed by atoms with E-state index in [9.17, 15) is 9.59 Å². The van der Waals surface area contributed by atoms with Crippen LogP contribution >= 0.6 is 11.6 Å². The molecule has 27 heavy (non-hydrogen) atoms. The summed E-state index contributed by atoms with van der Waals surface area (Å²) in [7, 11) is 0. The number of hydrogen-bond acceptors (Lipinski definition) is 2.